The van der Waals surface area contributed by atoms with Crippen LogP contribution >= 0.6 is 34.8 Å². The number of nitrogens with zero attached hydrogens (tertiary/aromatic N) is 2. The Bertz CT molecular complexity index is 1190. The van der Waals surface area contributed by atoms with Gasteiger partial charge in [-0.2, -0.15) is 0 Å². The lowest BCUT2D eigenvalue weighted by Crippen LogP contribution is -2.30. The molecule has 1 fully saturated rings. The minimum absolute atomic E-state index is 0.00530. The molecule has 1 unspecified atom stereocenters. The molecule has 3 aromatic rings. The molecule has 0 saturated carbocycles. The van der Waals surface area contributed by atoms with Crippen molar-refractivity contribution in [3.63, 3.8) is 0 Å². The van der Waals surface area contributed by atoms with Gasteiger partial charge in [-0.25, -0.2) is 0 Å². The van der Waals surface area contributed by atoms with Gasteiger partial charge in [0, 0.05) is 17.2 Å². The molecule has 156 valence electrons. The minimum Gasteiger partial charge on any atom is -0.357 e. The second-order valence-corrected chi connectivity index (χ2v) is 7.95. The van der Waals surface area contributed by atoms with Crippen LogP contribution < -0.4 is 10.2 Å². The van der Waals surface area contributed by atoms with Crippen LogP contribution in [0.5, 0.6) is 0 Å². The van der Waals surface area contributed by atoms with Gasteiger partial charge in [0.15, 0.2) is 0 Å². The second-order valence-electron chi connectivity index (χ2n) is 6.73. The first-order valence-electron chi connectivity index (χ1n) is 9.11. The lowest BCUT2D eigenvalue weighted by atomic mass is 10.1. The van der Waals surface area contributed by atoms with Crippen LogP contribution in [-0.2, 0) is 4.79 Å². The molecular weight excluding hydrogens is 461 g/mol. The number of anilines is 1. The Hall–Kier alpha value is -3.06. The maximum absolute atomic E-state index is 13.4. The van der Waals surface area contributed by atoms with Gasteiger partial charge in [0.25, 0.3) is 11.6 Å². The smallest absolute Gasteiger partial charge is 0.276 e. The van der Waals surface area contributed by atoms with E-state index >= 15 is 0 Å². The fourth-order valence-electron chi connectivity index (χ4n) is 3.36. The molecule has 0 bridgehead atoms. The van der Waals surface area contributed by atoms with Crippen molar-refractivity contribution in [1.29, 1.82) is 0 Å². The van der Waals surface area contributed by atoms with Crippen molar-refractivity contribution >= 4 is 58.2 Å². The number of non-ortho nitro benzene ring substituents is 1. The molecule has 0 aliphatic carbocycles. The van der Waals surface area contributed by atoms with E-state index in [1.807, 2.05) is 36.4 Å². The first-order valence-corrected chi connectivity index (χ1v) is 10.2. The molecule has 1 amide bonds. The van der Waals surface area contributed by atoms with Crippen molar-refractivity contribution in [2.24, 2.45) is 0 Å². The summed E-state index contributed by atoms with van der Waals surface area (Å²) in [6.45, 7) is 0. The Morgan fingerprint density at radius 2 is 1.55 bits per heavy atom. The summed E-state index contributed by atoms with van der Waals surface area (Å²) in [5.74, 6) is -0.397. The topological polar surface area (TPSA) is 75.5 Å². The van der Waals surface area contributed by atoms with Gasteiger partial charge < -0.3 is 5.32 Å². The van der Waals surface area contributed by atoms with Gasteiger partial charge in [0.05, 0.1) is 20.7 Å². The quantitative estimate of drug-likeness (QED) is 0.276. The minimum atomic E-state index is -0.626. The molecule has 0 radical (unpaired) electrons. The number of amides is 1. The Kier molecular flexibility index (Phi) is 5.87. The SMILES string of the molecule is O=C1/C(=C/c2ccccc2Cl)NC(c2ccccc2)N1c1c(Cl)cc([N+](=O)[O-])cc1Cl. The molecule has 1 atom stereocenters. The predicted octanol–water partition coefficient (Wildman–Crippen LogP) is 6.23. The number of rotatable bonds is 4. The molecule has 31 heavy (non-hydrogen) atoms. The molecule has 6 nitrogen and oxygen atoms in total. The summed E-state index contributed by atoms with van der Waals surface area (Å²) in [7, 11) is 0. The van der Waals surface area contributed by atoms with E-state index in [1.165, 1.54) is 17.0 Å². The molecule has 1 saturated heterocycles. The zero-order chi connectivity index (χ0) is 22.1. The van der Waals surface area contributed by atoms with Gasteiger partial charge in [0.1, 0.15) is 11.9 Å². The summed E-state index contributed by atoms with van der Waals surface area (Å²) in [6, 6.07) is 18.7. The number of hydrogen-bond acceptors (Lipinski definition) is 4. The number of carbonyl (C=O) groups excluding carboxylic acids is 1. The zero-order valence-corrected chi connectivity index (χ0v) is 18.0. The third kappa shape index (κ3) is 4.10. The van der Waals surface area contributed by atoms with E-state index in [1.54, 1.807) is 24.3 Å². The highest BCUT2D eigenvalue weighted by molar-refractivity contribution is 6.40. The molecule has 1 aliphatic rings. The van der Waals surface area contributed by atoms with Crippen molar-refractivity contribution in [3.05, 3.63) is 109 Å². The van der Waals surface area contributed by atoms with Crippen molar-refractivity contribution in [1.82, 2.24) is 5.32 Å². The van der Waals surface area contributed by atoms with Crippen LogP contribution in [0.4, 0.5) is 11.4 Å². The molecular formula is C22H14Cl3N3O3. The van der Waals surface area contributed by atoms with E-state index in [-0.39, 0.29) is 27.1 Å². The summed E-state index contributed by atoms with van der Waals surface area (Å²) in [5, 5.41) is 14.8. The van der Waals surface area contributed by atoms with Crippen molar-refractivity contribution in [2.75, 3.05) is 4.90 Å². The Morgan fingerprint density at radius 3 is 2.16 bits per heavy atom. The third-order valence-electron chi connectivity index (χ3n) is 4.77. The molecule has 0 aromatic heterocycles. The largest absolute Gasteiger partial charge is 0.357 e. The summed E-state index contributed by atoms with van der Waals surface area (Å²) in [6.07, 6.45) is 1.02. The monoisotopic (exact) mass is 473 g/mol. The molecule has 9 heteroatoms. The lowest BCUT2D eigenvalue weighted by Gasteiger charge is -2.25. The summed E-state index contributed by atoms with van der Waals surface area (Å²) < 4.78 is 0. The van der Waals surface area contributed by atoms with Crippen molar-refractivity contribution in [3.8, 4) is 0 Å². The summed E-state index contributed by atoms with van der Waals surface area (Å²) in [4.78, 5) is 25.4. The Morgan fingerprint density at radius 1 is 0.935 bits per heavy atom. The summed E-state index contributed by atoms with van der Waals surface area (Å²) in [5.41, 5.74) is 1.65. The predicted molar refractivity (Wildman–Crippen MR) is 122 cm³/mol. The fraction of sp³-hybridized carbons (Fsp3) is 0.0455. The number of nitro benzene ring substituents is 1. The number of halogens is 3. The molecule has 1 heterocycles. The molecule has 4 rings (SSSR count). The Balaban J connectivity index is 1.86. The number of nitro groups is 1. The second kappa shape index (κ2) is 8.59. The average molecular weight is 475 g/mol. The van der Waals surface area contributed by atoms with Gasteiger partial charge in [0.2, 0.25) is 0 Å². The van der Waals surface area contributed by atoms with E-state index in [0.717, 1.165) is 5.56 Å². The van der Waals surface area contributed by atoms with E-state index in [2.05, 4.69) is 5.32 Å². The van der Waals surface area contributed by atoms with Crippen LogP contribution in [0.1, 0.15) is 17.3 Å². The highest BCUT2D eigenvalue weighted by Crippen LogP contribution is 2.43. The lowest BCUT2D eigenvalue weighted by molar-refractivity contribution is -0.384. The highest BCUT2D eigenvalue weighted by atomic mass is 35.5. The van der Waals surface area contributed by atoms with Crippen LogP contribution in [0.2, 0.25) is 15.1 Å². The van der Waals surface area contributed by atoms with Crippen molar-refractivity contribution in [2.45, 2.75) is 6.17 Å². The maximum atomic E-state index is 13.4. The number of nitrogens with one attached hydrogen (secondary N) is 1. The maximum Gasteiger partial charge on any atom is 0.276 e. The third-order valence-corrected chi connectivity index (χ3v) is 5.69. The van der Waals surface area contributed by atoms with Gasteiger partial charge in [-0.3, -0.25) is 19.8 Å². The number of benzene rings is 3. The van der Waals surface area contributed by atoms with Gasteiger partial charge >= 0.3 is 0 Å². The first kappa shape index (κ1) is 21.2. The number of carbonyl (C=O) groups is 1. The standard InChI is InChI=1S/C22H14Cl3N3O3/c23-16-9-5-4-8-14(16)10-19-22(29)27(21(26-19)13-6-2-1-3-7-13)20-17(24)11-15(28(30)31)12-18(20)25/h1-12,21,26H/b19-10-. The van der Waals surface area contributed by atoms with E-state index in [4.69, 9.17) is 34.8 Å². The van der Waals surface area contributed by atoms with E-state index < -0.39 is 17.0 Å². The van der Waals surface area contributed by atoms with Crippen LogP contribution in [0.25, 0.3) is 6.08 Å². The normalized spacial score (nSPS) is 17.1. The van der Waals surface area contributed by atoms with E-state index in [0.29, 0.717) is 10.6 Å². The molecule has 1 aliphatic heterocycles. The van der Waals surface area contributed by atoms with Crippen LogP contribution in [0, 0.1) is 10.1 Å². The zero-order valence-electron chi connectivity index (χ0n) is 15.8. The van der Waals surface area contributed by atoms with Crippen LogP contribution in [0.3, 0.4) is 0 Å². The molecule has 1 N–H and O–H groups in total. The molecule has 3 aromatic carbocycles. The van der Waals surface area contributed by atoms with E-state index in [9.17, 15) is 14.9 Å². The first-order chi connectivity index (χ1) is 14.9. The van der Waals surface area contributed by atoms with Gasteiger partial charge in [-0.1, -0.05) is 83.3 Å². The van der Waals surface area contributed by atoms with Crippen molar-refractivity contribution < 1.29 is 9.72 Å². The van der Waals surface area contributed by atoms with Crippen LogP contribution in [0.15, 0.2) is 72.4 Å². The number of hydrogen-bond donors (Lipinski definition) is 1. The fourth-order valence-corrected chi connectivity index (χ4v) is 4.21. The Labute approximate surface area is 192 Å². The highest BCUT2D eigenvalue weighted by Gasteiger charge is 2.39. The van der Waals surface area contributed by atoms with Gasteiger partial charge in [-0.05, 0) is 23.3 Å². The molecule has 0 spiro atoms. The summed E-state index contributed by atoms with van der Waals surface area (Å²) >= 11 is 19.0. The van der Waals surface area contributed by atoms with Gasteiger partial charge in [-0.15, -0.1) is 0 Å². The van der Waals surface area contributed by atoms with Crippen LogP contribution in [-0.4, -0.2) is 10.8 Å². The average Bonchev–Trinajstić information content (AvgIpc) is 3.06.